The van der Waals surface area contributed by atoms with Gasteiger partial charge in [0, 0.05) is 22.9 Å². The fourth-order valence-electron chi connectivity index (χ4n) is 1.99. The zero-order valence-electron chi connectivity index (χ0n) is 11.8. The number of hydrogen-bond donors (Lipinski definition) is 3. The Bertz CT molecular complexity index is 623. The molecule has 8 heteroatoms. The molecule has 0 aromatic heterocycles. The van der Waals surface area contributed by atoms with E-state index < -0.39 is 23.2 Å². The number of carboxylic acids is 1. The molecule has 1 aromatic carbocycles. The van der Waals surface area contributed by atoms with Crippen LogP contribution < -0.4 is 10.6 Å². The molecule has 2 amide bonds. The molecule has 0 spiro atoms. The number of thioether (sulfide) groups is 1. The summed E-state index contributed by atoms with van der Waals surface area (Å²) < 4.78 is 0. The van der Waals surface area contributed by atoms with Gasteiger partial charge in [-0.15, -0.1) is 11.8 Å². The topological polar surface area (TPSA) is 95.5 Å². The van der Waals surface area contributed by atoms with Gasteiger partial charge in [-0.3, -0.25) is 9.59 Å². The molecule has 0 unspecified atom stereocenters. The zero-order valence-corrected chi connectivity index (χ0v) is 13.3. The van der Waals surface area contributed by atoms with E-state index in [1.54, 1.807) is 25.1 Å². The van der Waals surface area contributed by atoms with Gasteiger partial charge < -0.3 is 15.7 Å². The molecule has 2 atom stereocenters. The Morgan fingerprint density at radius 3 is 2.86 bits per heavy atom. The van der Waals surface area contributed by atoms with Crippen LogP contribution in [0.15, 0.2) is 18.2 Å². The lowest BCUT2D eigenvalue weighted by atomic mass is 10.2. The van der Waals surface area contributed by atoms with Gasteiger partial charge in [-0.05, 0) is 24.6 Å². The van der Waals surface area contributed by atoms with E-state index in [9.17, 15) is 14.4 Å². The van der Waals surface area contributed by atoms with E-state index in [1.165, 1.54) is 11.8 Å². The summed E-state index contributed by atoms with van der Waals surface area (Å²) in [7, 11) is 0. The zero-order chi connectivity index (χ0) is 16.3. The minimum absolute atomic E-state index is 0.0191. The van der Waals surface area contributed by atoms with Crippen LogP contribution in [0.3, 0.4) is 0 Å². The largest absolute Gasteiger partial charge is 0.480 e. The molecule has 1 aromatic rings. The van der Waals surface area contributed by atoms with Crippen LogP contribution in [0.2, 0.25) is 5.02 Å². The summed E-state index contributed by atoms with van der Waals surface area (Å²) >= 11 is 7.16. The number of aliphatic carboxylic acids is 1. The average molecular weight is 343 g/mol. The fourth-order valence-corrected chi connectivity index (χ4v) is 3.31. The molecule has 3 N–H and O–H groups in total. The molecule has 0 radical (unpaired) electrons. The van der Waals surface area contributed by atoms with Crippen LogP contribution in [-0.4, -0.2) is 39.9 Å². The number of carboxylic acid groups (broad SMARTS) is 1. The van der Waals surface area contributed by atoms with Crippen LogP contribution in [0.5, 0.6) is 0 Å². The SMILES string of the molecule is Cc1c(Cl)cccc1NC(=O)C[C@@H]1SC[C@@H](C(=O)O)NC1=O. The van der Waals surface area contributed by atoms with Crippen molar-refractivity contribution in [1.29, 1.82) is 0 Å². The van der Waals surface area contributed by atoms with Crippen LogP contribution in [0, 0.1) is 6.92 Å². The molecule has 1 saturated heterocycles. The van der Waals surface area contributed by atoms with E-state index in [0.717, 1.165) is 5.56 Å². The highest BCUT2D eigenvalue weighted by atomic mass is 35.5. The van der Waals surface area contributed by atoms with E-state index >= 15 is 0 Å². The number of amides is 2. The highest BCUT2D eigenvalue weighted by Gasteiger charge is 2.33. The molecular formula is C14H15ClN2O4S. The Morgan fingerprint density at radius 1 is 1.50 bits per heavy atom. The van der Waals surface area contributed by atoms with Crippen molar-refractivity contribution in [2.45, 2.75) is 24.6 Å². The molecular weight excluding hydrogens is 328 g/mol. The Kier molecular flexibility index (Phi) is 5.31. The van der Waals surface area contributed by atoms with E-state index in [4.69, 9.17) is 16.7 Å². The Balaban J connectivity index is 1.94. The second-order valence-electron chi connectivity index (χ2n) is 4.89. The van der Waals surface area contributed by atoms with Gasteiger partial charge in [0.05, 0.1) is 5.25 Å². The average Bonchev–Trinajstić information content (AvgIpc) is 2.46. The van der Waals surface area contributed by atoms with Crippen molar-refractivity contribution in [2.75, 3.05) is 11.1 Å². The van der Waals surface area contributed by atoms with Crippen LogP contribution in [-0.2, 0) is 14.4 Å². The highest BCUT2D eigenvalue weighted by molar-refractivity contribution is 8.00. The van der Waals surface area contributed by atoms with E-state index in [0.29, 0.717) is 10.7 Å². The van der Waals surface area contributed by atoms with Gasteiger partial charge in [0.15, 0.2) is 0 Å². The van der Waals surface area contributed by atoms with Gasteiger partial charge in [0.25, 0.3) is 0 Å². The standard InChI is InChI=1S/C14H15ClN2O4S/c1-7-8(15)3-2-4-9(7)16-12(18)5-11-13(19)17-10(6-22-11)14(20)21/h2-4,10-11H,5-6H2,1H3,(H,16,18)(H,17,19)(H,20,21)/t10-,11-/m0/s1. The molecule has 1 aliphatic rings. The first-order chi connectivity index (χ1) is 10.4. The van der Waals surface area contributed by atoms with Crippen LogP contribution in [0.25, 0.3) is 0 Å². The molecule has 1 aliphatic heterocycles. The maximum absolute atomic E-state index is 12.0. The third-order valence-corrected chi connectivity index (χ3v) is 5.00. The summed E-state index contributed by atoms with van der Waals surface area (Å²) in [6.45, 7) is 1.79. The molecule has 1 fully saturated rings. The molecule has 6 nitrogen and oxygen atoms in total. The van der Waals surface area contributed by atoms with Crippen molar-refractivity contribution in [3.8, 4) is 0 Å². The maximum Gasteiger partial charge on any atom is 0.327 e. The fraction of sp³-hybridized carbons (Fsp3) is 0.357. The number of nitrogens with one attached hydrogen (secondary N) is 2. The van der Waals surface area contributed by atoms with Crippen molar-refractivity contribution >= 4 is 46.8 Å². The normalized spacial score (nSPS) is 21.1. The monoisotopic (exact) mass is 342 g/mol. The molecule has 1 heterocycles. The number of carbonyl (C=O) groups excluding carboxylic acids is 2. The Hall–Kier alpha value is -1.73. The number of anilines is 1. The number of benzene rings is 1. The number of halogens is 1. The van der Waals surface area contributed by atoms with Gasteiger partial charge in [-0.1, -0.05) is 17.7 Å². The third kappa shape index (κ3) is 3.92. The van der Waals surface area contributed by atoms with Gasteiger partial charge >= 0.3 is 5.97 Å². The van der Waals surface area contributed by atoms with Gasteiger partial charge in [-0.25, -0.2) is 4.79 Å². The molecule has 22 heavy (non-hydrogen) atoms. The first-order valence-corrected chi connectivity index (χ1v) is 8.01. The Labute approximate surface area is 136 Å². The van der Waals surface area contributed by atoms with Crippen molar-refractivity contribution in [1.82, 2.24) is 5.32 Å². The summed E-state index contributed by atoms with van der Waals surface area (Å²) in [6.07, 6.45) is -0.0191. The first-order valence-electron chi connectivity index (χ1n) is 6.58. The van der Waals surface area contributed by atoms with Crippen LogP contribution in [0.1, 0.15) is 12.0 Å². The highest BCUT2D eigenvalue weighted by Crippen LogP contribution is 2.25. The second-order valence-corrected chi connectivity index (χ2v) is 6.53. The summed E-state index contributed by atoms with van der Waals surface area (Å²) in [5, 5.41) is 13.9. The first kappa shape index (κ1) is 16.6. The van der Waals surface area contributed by atoms with Crippen LogP contribution >= 0.6 is 23.4 Å². The lowest BCUT2D eigenvalue weighted by Gasteiger charge is -2.25. The van der Waals surface area contributed by atoms with E-state index in [-0.39, 0.29) is 18.1 Å². The lowest BCUT2D eigenvalue weighted by Crippen LogP contribution is -2.51. The predicted molar refractivity (Wildman–Crippen MR) is 85.2 cm³/mol. The van der Waals surface area contributed by atoms with E-state index in [2.05, 4.69) is 10.6 Å². The number of rotatable bonds is 4. The molecule has 118 valence electrons. The summed E-state index contributed by atoms with van der Waals surface area (Å²) in [4.78, 5) is 34.7. The predicted octanol–water partition coefficient (Wildman–Crippen LogP) is 1.66. The summed E-state index contributed by atoms with van der Waals surface area (Å²) in [5.41, 5.74) is 1.35. The molecule has 0 saturated carbocycles. The van der Waals surface area contributed by atoms with E-state index in [1.807, 2.05) is 0 Å². The van der Waals surface area contributed by atoms with Crippen molar-refractivity contribution in [3.63, 3.8) is 0 Å². The van der Waals surface area contributed by atoms with Crippen LogP contribution in [0.4, 0.5) is 5.69 Å². The minimum Gasteiger partial charge on any atom is -0.480 e. The summed E-state index contributed by atoms with van der Waals surface area (Å²) in [5.74, 6) is -1.57. The van der Waals surface area contributed by atoms with Crippen molar-refractivity contribution in [3.05, 3.63) is 28.8 Å². The second kappa shape index (κ2) is 7.02. The van der Waals surface area contributed by atoms with Gasteiger partial charge in [-0.2, -0.15) is 0 Å². The number of hydrogen-bond acceptors (Lipinski definition) is 4. The third-order valence-electron chi connectivity index (χ3n) is 3.28. The smallest absolute Gasteiger partial charge is 0.327 e. The Morgan fingerprint density at radius 2 is 2.23 bits per heavy atom. The molecule has 0 aliphatic carbocycles. The number of carbonyl (C=O) groups is 3. The van der Waals surface area contributed by atoms with Crippen molar-refractivity contribution < 1.29 is 19.5 Å². The maximum atomic E-state index is 12.0. The summed E-state index contributed by atoms with van der Waals surface area (Å²) in [6, 6.07) is 4.29. The molecule has 2 rings (SSSR count). The van der Waals surface area contributed by atoms with Gasteiger partial charge in [0.2, 0.25) is 11.8 Å². The van der Waals surface area contributed by atoms with Crippen molar-refractivity contribution in [2.24, 2.45) is 0 Å². The molecule has 0 bridgehead atoms. The van der Waals surface area contributed by atoms with Gasteiger partial charge in [0.1, 0.15) is 6.04 Å². The minimum atomic E-state index is -1.07. The lowest BCUT2D eigenvalue weighted by molar-refractivity contribution is -0.141. The quantitative estimate of drug-likeness (QED) is 0.773.